The van der Waals surface area contributed by atoms with Gasteiger partial charge in [0.1, 0.15) is 0 Å². The zero-order valence-corrected chi connectivity index (χ0v) is 7.84. The smallest absolute Gasteiger partial charge is 0.408 e. The summed E-state index contributed by atoms with van der Waals surface area (Å²) >= 11 is 0. The van der Waals surface area contributed by atoms with Crippen LogP contribution < -0.4 is 0 Å². The molecule has 1 aliphatic heterocycles. The molecule has 1 saturated heterocycles. The van der Waals surface area contributed by atoms with Crippen LogP contribution in [0.4, 0.5) is 0 Å². The molecular formula is C9H17BO2. The highest BCUT2D eigenvalue weighted by molar-refractivity contribution is 6.49. The predicted octanol–water partition coefficient (Wildman–Crippen LogP) is 2.25. The minimum atomic E-state index is 0.0952. The van der Waals surface area contributed by atoms with Crippen LogP contribution in [-0.4, -0.2) is 20.3 Å². The topological polar surface area (TPSA) is 18.5 Å². The summed E-state index contributed by atoms with van der Waals surface area (Å²) in [6.45, 7) is 3.89. The van der Waals surface area contributed by atoms with E-state index in [9.17, 15) is 0 Å². The summed E-state index contributed by atoms with van der Waals surface area (Å²) in [6, 6.07) is 0. The quantitative estimate of drug-likeness (QED) is 0.559. The van der Waals surface area contributed by atoms with E-state index in [2.05, 4.69) is 6.92 Å². The van der Waals surface area contributed by atoms with E-state index in [1.165, 1.54) is 32.1 Å². The Morgan fingerprint density at radius 2 is 1.58 bits per heavy atom. The third-order valence-corrected chi connectivity index (χ3v) is 3.19. The van der Waals surface area contributed by atoms with Crippen molar-refractivity contribution in [3.8, 4) is 0 Å². The van der Waals surface area contributed by atoms with Gasteiger partial charge in [-0.15, -0.1) is 0 Å². The molecule has 0 aromatic carbocycles. The summed E-state index contributed by atoms with van der Waals surface area (Å²) in [4.78, 5) is 0. The molecule has 0 atom stereocenters. The SMILES string of the molecule is CC1(B2OCCO2)CCCCC1. The van der Waals surface area contributed by atoms with Gasteiger partial charge in [0.05, 0.1) is 13.2 Å². The molecule has 2 aliphatic rings. The van der Waals surface area contributed by atoms with E-state index in [0.29, 0.717) is 5.31 Å². The maximum atomic E-state index is 5.57. The Morgan fingerprint density at radius 1 is 1.00 bits per heavy atom. The monoisotopic (exact) mass is 168 g/mol. The molecule has 2 fully saturated rings. The molecule has 2 rings (SSSR count). The van der Waals surface area contributed by atoms with Crippen molar-refractivity contribution >= 4 is 7.12 Å². The zero-order valence-electron chi connectivity index (χ0n) is 7.84. The molecule has 0 spiro atoms. The van der Waals surface area contributed by atoms with Gasteiger partial charge in [-0.1, -0.05) is 26.2 Å². The van der Waals surface area contributed by atoms with Gasteiger partial charge in [-0.25, -0.2) is 0 Å². The third kappa shape index (κ3) is 1.53. The average molecular weight is 168 g/mol. The summed E-state index contributed by atoms with van der Waals surface area (Å²) in [6.07, 6.45) is 6.64. The molecule has 0 aromatic heterocycles. The lowest BCUT2D eigenvalue weighted by atomic mass is 9.52. The van der Waals surface area contributed by atoms with Crippen molar-refractivity contribution in [1.29, 1.82) is 0 Å². The maximum Gasteiger partial charge on any atom is 0.463 e. The molecule has 0 bridgehead atoms. The van der Waals surface area contributed by atoms with E-state index in [-0.39, 0.29) is 7.12 Å². The van der Waals surface area contributed by atoms with Crippen molar-refractivity contribution in [2.24, 2.45) is 0 Å². The normalized spacial score (nSPS) is 29.2. The Labute approximate surface area is 74.8 Å². The van der Waals surface area contributed by atoms with Crippen LogP contribution in [0.5, 0.6) is 0 Å². The van der Waals surface area contributed by atoms with Crippen molar-refractivity contribution in [3.63, 3.8) is 0 Å². The van der Waals surface area contributed by atoms with E-state index in [4.69, 9.17) is 9.31 Å². The molecule has 1 heterocycles. The molecular weight excluding hydrogens is 151 g/mol. The average Bonchev–Trinajstić information content (AvgIpc) is 2.58. The summed E-state index contributed by atoms with van der Waals surface area (Å²) in [5.41, 5.74) is 0. The van der Waals surface area contributed by atoms with Gasteiger partial charge in [0.2, 0.25) is 0 Å². The molecule has 1 aliphatic carbocycles. The molecule has 0 radical (unpaired) electrons. The van der Waals surface area contributed by atoms with Crippen LogP contribution in [0.1, 0.15) is 39.0 Å². The van der Waals surface area contributed by atoms with E-state index >= 15 is 0 Å². The van der Waals surface area contributed by atoms with Gasteiger partial charge in [0, 0.05) is 5.31 Å². The Bertz CT molecular complexity index is 149. The summed E-state index contributed by atoms with van der Waals surface area (Å²) in [5.74, 6) is 0. The van der Waals surface area contributed by atoms with Gasteiger partial charge < -0.3 is 9.31 Å². The highest BCUT2D eigenvalue weighted by Gasteiger charge is 2.44. The van der Waals surface area contributed by atoms with E-state index in [1.807, 2.05) is 0 Å². The van der Waals surface area contributed by atoms with Gasteiger partial charge in [-0.2, -0.15) is 0 Å². The molecule has 0 aromatic rings. The summed E-state index contributed by atoms with van der Waals surface area (Å²) in [7, 11) is 0.0952. The minimum Gasteiger partial charge on any atom is -0.408 e. The number of hydrogen-bond donors (Lipinski definition) is 0. The first-order valence-electron chi connectivity index (χ1n) is 5.04. The highest BCUT2D eigenvalue weighted by atomic mass is 16.6. The van der Waals surface area contributed by atoms with Crippen molar-refractivity contribution in [1.82, 2.24) is 0 Å². The van der Waals surface area contributed by atoms with Crippen molar-refractivity contribution < 1.29 is 9.31 Å². The second kappa shape index (κ2) is 3.39. The van der Waals surface area contributed by atoms with Crippen LogP contribution in [0, 0.1) is 0 Å². The van der Waals surface area contributed by atoms with Gasteiger partial charge in [0.15, 0.2) is 0 Å². The fourth-order valence-corrected chi connectivity index (χ4v) is 2.36. The summed E-state index contributed by atoms with van der Waals surface area (Å²) in [5, 5.41) is 0.314. The number of hydrogen-bond acceptors (Lipinski definition) is 2. The molecule has 3 heteroatoms. The molecule has 1 saturated carbocycles. The van der Waals surface area contributed by atoms with Crippen LogP contribution in [0.25, 0.3) is 0 Å². The van der Waals surface area contributed by atoms with Gasteiger partial charge in [-0.3, -0.25) is 0 Å². The van der Waals surface area contributed by atoms with Crippen molar-refractivity contribution in [2.45, 2.75) is 44.3 Å². The van der Waals surface area contributed by atoms with Gasteiger partial charge in [-0.05, 0) is 12.8 Å². The van der Waals surface area contributed by atoms with Crippen molar-refractivity contribution in [3.05, 3.63) is 0 Å². The van der Waals surface area contributed by atoms with Crippen LogP contribution >= 0.6 is 0 Å². The lowest BCUT2D eigenvalue weighted by Gasteiger charge is -2.34. The van der Waals surface area contributed by atoms with Crippen LogP contribution in [0.2, 0.25) is 5.31 Å². The lowest BCUT2D eigenvalue weighted by Crippen LogP contribution is -2.33. The predicted molar refractivity (Wildman–Crippen MR) is 49.1 cm³/mol. The van der Waals surface area contributed by atoms with Gasteiger partial charge >= 0.3 is 7.12 Å². The van der Waals surface area contributed by atoms with E-state index in [1.54, 1.807) is 0 Å². The van der Waals surface area contributed by atoms with E-state index < -0.39 is 0 Å². The first kappa shape index (κ1) is 8.58. The Hall–Kier alpha value is -0.0151. The van der Waals surface area contributed by atoms with Crippen LogP contribution in [0.15, 0.2) is 0 Å². The van der Waals surface area contributed by atoms with Crippen LogP contribution in [0.3, 0.4) is 0 Å². The third-order valence-electron chi connectivity index (χ3n) is 3.19. The number of rotatable bonds is 1. The van der Waals surface area contributed by atoms with Crippen LogP contribution in [-0.2, 0) is 9.31 Å². The fourth-order valence-electron chi connectivity index (χ4n) is 2.36. The minimum absolute atomic E-state index is 0.0952. The van der Waals surface area contributed by atoms with E-state index in [0.717, 1.165) is 13.2 Å². The lowest BCUT2D eigenvalue weighted by molar-refractivity contribution is 0.277. The largest absolute Gasteiger partial charge is 0.463 e. The first-order chi connectivity index (χ1) is 5.81. The maximum absolute atomic E-state index is 5.57. The zero-order chi connectivity index (χ0) is 8.44. The molecule has 0 amide bonds. The molecule has 68 valence electrons. The second-order valence-electron chi connectivity index (χ2n) is 4.29. The van der Waals surface area contributed by atoms with Crippen molar-refractivity contribution in [2.75, 3.05) is 13.2 Å². The Balaban J connectivity index is 1.97. The van der Waals surface area contributed by atoms with Gasteiger partial charge in [0.25, 0.3) is 0 Å². The second-order valence-corrected chi connectivity index (χ2v) is 4.29. The Morgan fingerprint density at radius 3 is 2.17 bits per heavy atom. The highest BCUT2D eigenvalue weighted by Crippen LogP contribution is 2.46. The summed E-state index contributed by atoms with van der Waals surface area (Å²) < 4.78 is 11.1. The fraction of sp³-hybridized carbons (Fsp3) is 1.00. The molecule has 2 nitrogen and oxygen atoms in total. The molecule has 12 heavy (non-hydrogen) atoms. The standard InChI is InChI=1S/C9H17BO2/c1-9(5-3-2-4-6-9)10-11-7-8-12-10/h2-8H2,1H3. The first-order valence-corrected chi connectivity index (χ1v) is 5.04. The molecule has 0 unspecified atom stereocenters. The molecule has 0 N–H and O–H groups in total. The Kier molecular flexibility index (Phi) is 2.42.